The molecule has 0 bridgehead atoms. The molecule has 1 N–H and O–H groups in total. The zero-order valence-corrected chi connectivity index (χ0v) is 14.9. The van der Waals surface area contributed by atoms with Gasteiger partial charge >= 0.3 is 0 Å². The Morgan fingerprint density at radius 2 is 1.88 bits per heavy atom. The standard InChI is InChI=1S/C17H14Cl2N2O2S/c18-13-5-3-6-14(19)17(13)23-8-9-24-11-16(22)21-15-7-2-1-4-12(15)10-20/h1-7H,8-9,11H2,(H,21,22). The zero-order valence-electron chi connectivity index (χ0n) is 12.6. The maximum atomic E-state index is 11.9. The van der Waals surface area contributed by atoms with E-state index in [1.807, 2.05) is 6.07 Å². The number of hydrogen-bond donors (Lipinski definition) is 1. The van der Waals surface area contributed by atoms with Gasteiger partial charge in [0.2, 0.25) is 5.91 Å². The lowest BCUT2D eigenvalue weighted by molar-refractivity contribution is -0.113. The highest BCUT2D eigenvalue weighted by Crippen LogP contribution is 2.32. The highest BCUT2D eigenvalue weighted by molar-refractivity contribution is 7.99. The maximum absolute atomic E-state index is 11.9. The van der Waals surface area contributed by atoms with E-state index < -0.39 is 0 Å². The van der Waals surface area contributed by atoms with Crippen molar-refractivity contribution in [3.8, 4) is 11.8 Å². The van der Waals surface area contributed by atoms with Crippen LogP contribution in [0.2, 0.25) is 10.0 Å². The molecule has 24 heavy (non-hydrogen) atoms. The van der Waals surface area contributed by atoms with E-state index in [9.17, 15) is 4.79 Å². The summed E-state index contributed by atoms with van der Waals surface area (Å²) in [5.41, 5.74) is 0.956. The maximum Gasteiger partial charge on any atom is 0.234 e. The quantitative estimate of drug-likeness (QED) is 0.712. The van der Waals surface area contributed by atoms with Crippen molar-refractivity contribution in [2.24, 2.45) is 0 Å². The summed E-state index contributed by atoms with van der Waals surface area (Å²) in [6, 6.07) is 14.1. The summed E-state index contributed by atoms with van der Waals surface area (Å²) >= 11 is 13.4. The molecule has 2 aromatic rings. The number of benzene rings is 2. The van der Waals surface area contributed by atoms with Crippen LogP contribution in [0.25, 0.3) is 0 Å². The fraction of sp³-hybridized carbons (Fsp3) is 0.176. The lowest BCUT2D eigenvalue weighted by Gasteiger charge is -2.10. The van der Waals surface area contributed by atoms with Crippen molar-refractivity contribution < 1.29 is 9.53 Å². The normalized spacial score (nSPS) is 10.0. The van der Waals surface area contributed by atoms with Gasteiger partial charge in [-0.25, -0.2) is 0 Å². The van der Waals surface area contributed by atoms with Gasteiger partial charge < -0.3 is 10.1 Å². The summed E-state index contributed by atoms with van der Waals surface area (Å²) in [5.74, 6) is 1.15. The number of halogens is 2. The minimum Gasteiger partial charge on any atom is -0.490 e. The number of thioether (sulfide) groups is 1. The summed E-state index contributed by atoms with van der Waals surface area (Å²) < 4.78 is 5.54. The minimum atomic E-state index is -0.168. The molecule has 124 valence electrons. The van der Waals surface area contributed by atoms with E-state index in [2.05, 4.69) is 5.32 Å². The van der Waals surface area contributed by atoms with Crippen molar-refractivity contribution in [2.45, 2.75) is 0 Å². The molecule has 4 nitrogen and oxygen atoms in total. The first-order valence-electron chi connectivity index (χ1n) is 7.05. The van der Waals surface area contributed by atoms with Crippen LogP contribution in [-0.2, 0) is 4.79 Å². The Bertz CT molecular complexity index is 742. The van der Waals surface area contributed by atoms with Crippen molar-refractivity contribution in [3.63, 3.8) is 0 Å². The number of anilines is 1. The number of amides is 1. The number of para-hydroxylation sites is 2. The molecule has 0 atom stereocenters. The first-order valence-corrected chi connectivity index (χ1v) is 8.96. The van der Waals surface area contributed by atoms with Crippen LogP contribution < -0.4 is 10.1 Å². The van der Waals surface area contributed by atoms with E-state index in [1.54, 1.807) is 42.5 Å². The van der Waals surface area contributed by atoms with Gasteiger partial charge in [0.1, 0.15) is 6.07 Å². The molecule has 0 saturated carbocycles. The third-order valence-electron chi connectivity index (χ3n) is 2.95. The van der Waals surface area contributed by atoms with Gasteiger partial charge in [0, 0.05) is 5.75 Å². The lowest BCUT2D eigenvalue weighted by atomic mass is 10.2. The first kappa shape index (κ1) is 18.5. The van der Waals surface area contributed by atoms with Crippen molar-refractivity contribution >= 4 is 46.6 Å². The minimum absolute atomic E-state index is 0.168. The molecule has 7 heteroatoms. The third kappa shape index (κ3) is 5.34. The first-order chi connectivity index (χ1) is 11.6. The molecular weight excluding hydrogens is 367 g/mol. The fourth-order valence-corrected chi connectivity index (χ4v) is 2.97. The van der Waals surface area contributed by atoms with Gasteiger partial charge in [-0.2, -0.15) is 5.26 Å². The van der Waals surface area contributed by atoms with Gasteiger partial charge in [-0.15, -0.1) is 11.8 Å². The second-order valence-corrected chi connectivity index (χ2v) is 6.58. The number of nitrogens with one attached hydrogen (secondary N) is 1. The van der Waals surface area contributed by atoms with Gasteiger partial charge in [-0.3, -0.25) is 4.79 Å². The summed E-state index contributed by atoms with van der Waals surface area (Å²) in [4.78, 5) is 11.9. The van der Waals surface area contributed by atoms with Crippen LogP contribution in [0.15, 0.2) is 42.5 Å². The number of rotatable bonds is 7. The Labute approximate surface area is 154 Å². The van der Waals surface area contributed by atoms with Crippen LogP contribution in [0, 0.1) is 11.3 Å². The number of ether oxygens (including phenoxy) is 1. The molecule has 0 unspecified atom stereocenters. The average molecular weight is 381 g/mol. The second-order valence-electron chi connectivity index (χ2n) is 4.66. The van der Waals surface area contributed by atoms with Crippen molar-refractivity contribution in [2.75, 3.05) is 23.4 Å². The Morgan fingerprint density at radius 1 is 1.17 bits per heavy atom. The summed E-state index contributed by atoms with van der Waals surface area (Å²) in [6.45, 7) is 0.385. The molecule has 0 radical (unpaired) electrons. The highest BCUT2D eigenvalue weighted by atomic mass is 35.5. The summed E-state index contributed by atoms with van der Waals surface area (Å²) in [6.07, 6.45) is 0. The Hall–Kier alpha value is -1.87. The lowest BCUT2D eigenvalue weighted by Crippen LogP contribution is -2.16. The van der Waals surface area contributed by atoms with Gasteiger partial charge in [-0.05, 0) is 24.3 Å². The number of carbonyl (C=O) groups is 1. The monoisotopic (exact) mass is 380 g/mol. The van der Waals surface area contributed by atoms with Crippen LogP contribution >= 0.6 is 35.0 Å². The molecule has 0 fully saturated rings. The van der Waals surface area contributed by atoms with Crippen LogP contribution in [0.3, 0.4) is 0 Å². The topological polar surface area (TPSA) is 62.1 Å². The molecule has 0 aromatic heterocycles. The molecule has 0 spiro atoms. The predicted octanol–water partition coefficient (Wildman–Crippen LogP) is 4.62. The number of nitriles is 1. The highest BCUT2D eigenvalue weighted by Gasteiger charge is 2.08. The Kier molecular flexibility index (Phi) is 7.26. The summed E-state index contributed by atoms with van der Waals surface area (Å²) in [5, 5.41) is 12.6. The van der Waals surface area contributed by atoms with Crippen LogP contribution in [0.5, 0.6) is 5.75 Å². The van der Waals surface area contributed by atoms with E-state index in [0.29, 0.717) is 39.4 Å². The molecule has 1 amide bonds. The predicted molar refractivity (Wildman–Crippen MR) is 99.1 cm³/mol. The smallest absolute Gasteiger partial charge is 0.234 e. The molecule has 0 aliphatic heterocycles. The van der Waals surface area contributed by atoms with Gasteiger partial charge in [0.05, 0.1) is 33.7 Å². The molecular formula is C17H14Cl2N2O2S. The Morgan fingerprint density at radius 3 is 2.58 bits per heavy atom. The number of hydrogen-bond acceptors (Lipinski definition) is 4. The van der Waals surface area contributed by atoms with Crippen molar-refractivity contribution in [1.82, 2.24) is 0 Å². The van der Waals surface area contributed by atoms with E-state index in [4.69, 9.17) is 33.2 Å². The van der Waals surface area contributed by atoms with Crippen LogP contribution in [0.4, 0.5) is 5.69 Å². The SMILES string of the molecule is N#Cc1ccccc1NC(=O)CSCCOc1c(Cl)cccc1Cl. The summed E-state index contributed by atoms with van der Waals surface area (Å²) in [7, 11) is 0. The number of carbonyl (C=O) groups excluding carboxylic acids is 1. The van der Waals surface area contributed by atoms with Gasteiger partial charge in [0.15, 0.2) is 5.75 Å². The molecule has 2 rings (SSSR count). The van der Waals surface area contributed by atoms with Crippen molar-refractivity contribution in [3.05, 3.63) is 58.1 Å². The molecule has 0 aliphatic carbocycles. The van der Waals surface area contributed by atoms with Gasteiger partial charge in [-0.1, -0.05) is 41.4 Å². The number of nitrogens with zero attached hydrogens (tertiary/aromatic N) is 1. The van der Waals surface area contributed by atoms with E-state index in [0.717, 1.165) is 0 Å². The van der Waals surface area contributed by atoms with Gasteiger partial charge in [0.25, 0.3) is 0 Å². The average Bonchev–Trinajstić information content (AvgIpc) is 2.57. The van der Waals surface area contributed by atoms with E-state index in [1.165, 1.54) is 11.8 Å². The fourth-order valence-electron chi connectivity index (χ4n) is 1.86. The molecule has 0 heterocycles. The second kappa shape index (κ2) is 9.43. The zero-order chi connectivity index (χ0) is 17.4. The largest absolute Gasteiger partial charge is 0.490 e. The van der Waals surface area contributed by atoms with E-state index >= 15 is 0 Å². The molecule has 0 saturated heterocycles. The van der Waals surface area contributed by atoms with E-state index in [-0.39, 0.29) is 11.7 Å². The van der Waals surface area contributed by atoms with Crippen LogP contribution in [-0.4, -0.2) is 24.0 Å². The van der Waals surface area contributed by atoms with Crippen molar-refractivity contribution in [1.29, 1.82) is 5.26 Å². The molecule has 0 aliphatic rings. The third-order valence-corrected chi connectivity index (χ3v) is 4.46. The molecule has 2 aromatic carbocycles. The Balaban J connectivity index is 1.73. The van der Waals surface area contributed by atoms with Crippen LogP contribution in [0.1, 0.15) is 5.56 Å².